The zero-order valence-corrected chi connectivity index (χ0v) is 12.9. The molecule has 1 aromatic carbocycles. The van der Waals surface area contributed by atoms with Gasteiger partial charge in [0.15, 0.2) is 0 Å². The predicted octanol–water partition coefficient (Wildman–Crippen LogP) is 5.12. The second-order valence-electron chi connectivity index (χ2n) is 6.16. The van der Waals surface area contributed by atoms with Crippen LogP contribution in [0, 0.1) is 5.41 Å². The van der Waals surface area contributed by atoms with Crippen molar-refractivity contribution in [1.82, 2.24) is 0 Å². The van der Waals surface area contributed by atoms with Crippen molar-refractivity contribution in [2.24, 2.45) is 5.41 Å². The van der Waals surface area contributed by atoms with E-state index in [1.165, 1.54) is 25.7 Å². The molecule has 19 heavy (non-hydrogen) atoms. The van der Waals surface area contributed by atoms with Crippen LogP contribution < -0.4 is 10.1 Å². The van der Waals surface area contributed by atoms with Gasteiger partial charge in [0.1, 0.15) is 5.75 Å². The van der Waals surface area contributed by atoms with Crippen LogP contribution in [0.1, 0.15) is 46.5 Å². The summed E-state index contributed by atoms with van der Waals surface area (Å²) in [6, 6.07) is 6.53. The average molecular weight is 282 g/mol. The molecule has 3 heteroatoms. The van der Waals surface area contributed by atoms with E-state index in [-0.39, 0.29) is 0 Å². The fourth-order valence-corrected chi connectivity index (χ4v) is 2.88. The van der Waals surface area contributed by atoms with Crippen molar-refractivity contribution in [2.75, 3.05) is 11.9 Å². The number of benzene rings is 1. The zero-order chi connectivity index (χ0) is 13.9. The standard InChI is InChI=1S/C16H24ClNO/c1-4-19-15-6-5-13(11-14(15)17)18-12-7-9-16(2,3)10-8-12/h5-6,11-12,18H,4,7-10H2,1-3H3. The summed E-state index contributed by atoms with van der Waals surface area (Å²) in [5.41, 5.74) is 1.60. The van der Waals surface area contributed by atoms with Gasteiger partial charge >= 0.3 is 0 Å². The molecule has 1 saturated carbocycles. The van der Waals surface area contributed by atoms with Gasteiger partial charge in [0.2, 0.25) is 0 Å². The van der Waals surface area contributed by atoms with Crippen LogP contribution in [0.3, 0.4) is 0 Å². The Morgan fingerprint density at radius 2 is 2.00 bits per heavy atom. The lowest BCUT2D eigenvalue weighted by Crippen LogP contribution is -2.29. The van der Waals surface area contributed by atoms with Crippen molar-refractivity contribution in [3.63, 3.8) is 0 Å². The maximum Gasteiger partial charge on any atom is 0.138 e. The molecule has 0 saturated heterocycles. The Morgan fingerprint density at radius 1 is 1.32 bits per heavy atom. The van der Waals surface area contributed by atoms with E-state index < -0.39 is 0 Å². The molecule has 1 N–H and O–H groups in total. The van der Waals surface area contributed by atoms with E-state index in [2.05, 4.69) is 25.2 Å². The van der Waals surface area contributed by atoms with Crippen LogP contribution in [0.2, 0.25) is 5.02 Å². The minimum atomic E-state index is 0.509. The molecule has 0 bridgehead atoms. The smallest absolute Gasteiger partial charge is 0.138 e. The lowest BCUT2D eigenvalue weighted by Gasteiger charge is -2.35. The number of halogens is 1. The number of anilines is 1. The Balaban J connectivity index is 1.95. The van der Waals surface area contributed by atoms with E-state index >= 15 is 0 Å². The highest BCUT2D eigenvalue weighted by Gasteiger charge is 2.26. The van der Waals surface area contributed by atoms with Crippen LogP contribution in [0.15, 0.2) is 18.2 Å². The van der Waals surface area contributed by atoms with Gasteiger partial charge in [0, 0.05) is 11.7 Å². The highest BCUT2D eigenvalue weighted by atomic mass is 35.5. The van der Waals surface area contributed by atoms with Crippen molar-refractivity contribution in [3.05, 3.63) is 23.2 Å². The second kappa shape index (κ2) is 6.04. The topological polar surface area (TPSA) is 21.3 Å². The van der Waals surface area contributed by atoms with Crippen molar-refractivity contribution < 1.29 is 4.74 Å². The lowest BCUT2D eigenvalue weighted by molar-refractivity contribution is 0.232. The Kier molecular flexibility index (Phi) is 4.62. The van der Waals surface area contributed by atoms with E-state index in [1.807, 2.05) is 19.1 Å². The summed E-state index contributed by atoms with van der Waals surface area (Å²) < 4.78 is 5.45. The van der Waals surface area contributed by atoms with Crippen molar-refractivity contribution >= 4 is 17.3 Å². The Hall–Kier alpha value is -0.890. The monoisotopic (exact) mass is 281 g/mol. The highest BCUT2D eigenvalue weighted by Crippen LogP contribution is 2.36. The van der Waals surface area contributed by atoms with E-state index in [0.717, 1.165) is 11.4 Å². The van der Waals surface area contributed by atoms with Gasteiger partial charge in [-0.1, -0.05) is 25.4 Å². The summed E-state index contributed by atoms with van der Waals surface area (Å²) in [5.74, 6) is 0.763. The average Bonchev–Trinajstić information content (AvgIpc) is 2.35. The lowest BCUT2D eigenvalue weighted by atomic mass is 9.75. The largest absolute Gasteiger partial charge is 0.492 e. The third-order valence-electron chi connectivity index (χ3n) is 3.94. The fraction of sp³-hybridized carbons (Fsp3) is 0.625. The molecular weight excluding hydrogens is 258 g/mol. The Morgan fingerprint density at radius 3 is 2.58 bits per heavy atom. The van der Waals surface area contributed by atoms with Gasteiger partial charge in [-0.15, -0.1) is 0 Å². The molecule has 1 aliphatic rings. The third kappa shape index (κ3) is 4.04. The molecule has 0 radical (unpaired) electrons. The summed E-state index contributed by atoms with van der Waals surface area (Å²) in [7, 11) is 0. The molecule has 0 spiro atoms. The molecule has 0 aliphatic heterocycles. The van der Waals surface area contributed by atoms with Crippen LogP contribution in [0.4, 0.5) is 5.69 Å². The van der Waals surface area contributed by atoms with Gasteiger partial charge in [0.05, 0.1) is 11.6 Å². The maximum absolute atomic E-state index is 6.21. The van der Waals surface area contributed by atoms with Gasteiger partial charge in [-0.2, -0.15) is 0 Å². The SMILES string of the molecule is CCOc1ccc(NC2CCC(C)(C)CC2)cc1Cl. The number of ether oxygens (including phenoxy) is 1. The van der Waals surface area contributed by atoms with Gasteiger partial charge in [-0.05, 0) is 56.2 Å². The van der Waals surface area contributed by atoms with Crippen LogP contribution in [-0.2, 0) is 0 Å². The molecule has 0 unspecified atom stereocenters. The molecule has 106 valence electrons. The summed E-state index contributed by atoms with van der Waals surface area (Å²) in [6.45, 7) is 7.32. The van der Waals surface area contributed by atoms with E-state index in [4.69, 9.17) is 16.3 Å². The second-order valence-corrected chi connectivity index (χ2v) is 6.57. The first-order valence-corrected chi connectivity index (χ1v) is 7.57. The van der Waals surface area contributed by atoms with Crippen molar-refractivity contribution in [3.8, 4) is 5.75 Å². The molecular formula is C16H24ClNO. The first-order valence-electron chi connectivity index (χ1n) is 7.19. The first-order chi connectivity index (χ1) is 9.00. The van der Waals surface area contributed by atoms with Crippen LogP contribution >= 0.6 is 11.6 Å². The summed E-state index contributed by atoms with van der Waals surface area (Å²) >= 11 is 6.21. The molecule has 1 aliphatic carbocycles. The van der Waals surface area contributed by atoms with Crippen LogP contribution in [-0.4, -0.2) is 12.6 Å². The molecule has 0 amide bonds. The molecule has 0 aromatic heterocycles. The van der Waals surface area contributed by atoms with Gasteiger partial charge < -0.3 is 10.1 Å². The number of rotatable bonds is 4. The number of nitrogens with one attached hydrogen (secondary N) is 1. The third-order valence-corrected chi connectivity index (χ3v) is 4.24. The van der Waals surface area contributed by atoms with Crippen LogP contribution in [0.25, 0.3) is 0 Å². The van der Waals surface area contributed by atoms with E-state index in [1.54, 1.807) is 0 Å². The molecule has 1 fully saturated rings. The summed E-state index contributed by atoms with van der Waals surface area (Å²) in [6.07, 6.45) is 5.04. The fourth-order valence-electron chi connectivity index (χ4n) is 2.64. The number of hydrogen-bond acceptors (Lipinski definition) is 2. The normalized spacial score (nSPS) is 19.2. The van der Waals surface area contributed by atoms with Crippen molar-refractivity contribution in [2.45, 2.75) is 52.5 Å². The minimum absolute atomic E-state index is 0.509. The summed E-state index contributed by atoms with van der Waals surface area (Å²) in [4.78, 5) is 0. The quantitative estimate of drug-likeness (QED) is 0.827. The molecule has 0 atom stereocenters. The Labute approximate surface area is 121 Å². The molecule has 2 nitrogen and oxygen atoms in total. The van der Waals surface area contributed by atoms with E-state index in [0.29, 0.717) is 23.1 Å². The molecule has 2 rings (SSSR count). The molecule has 1 aromatic rings. The molecule has 0 heterocycles. The Bertz CT molecular complexity index is 421. The summed E-state index contributed by atoms with van der Waals surface area (Å²) in [5, 5.41) is 4.27. The maximum atomic E-state index is 6.21. The van der Waals surface area contributed by atoms with Crippen LogP contribution in [0.5, 0.6) is 5.75 Å². The zero-order valence-electron chi connectivity index (χ0n) is 12.1. The van der Waals surface area contributed by atoms with Gasteiger partial charge in [0.25, 0.3) is 0 Å². The van der Waals surface area contributed by atoms with Crippen molar-refractivity contribution in [1.29, 1.82) is 0 Å². The minimum Gasteiger partial charge on any atom is -0.492 e. The predicted molar refractivity (Wildman–Crippen MR) is 82.3 cm³/mol. The van der Waals surface area contributed by atoms with E-state index in [9.17, 15) is 0 Å². The van der Waals surface area contributed by atoms with Gasteiger partial charge in [-0.3, -0.25) is 0 Å². The van der Waals surface area contributed by atoms with Gasteiger partial charge in [-0.25, -0.2) is 0 Å². The number of hydrogen-bond donors (Lipinski definition) is 1. The first kappa shape index (κ1) is 14.5. The highest BCUT2D eigenvalue weighted by molar-refractivity contribution is 6.32.